The summed E-state index contributed by atoms with van der Waals surface area (Å²) in [6, 6.07) is 6.27. The summed E-state index contributed by atoms with van der Waals surface area (Å²) in [5.74, 6) is 0.224. The monoisotopic (exact) mass is 258 g/mol. The largest absolute Gasteiger partial charge is 0.491 e. The molecule has 2 rings (SSSR count). The Balaban J connectivity index is 2.09. The second kappa shape index (κ2) is 5.03. The van der Waals surface area contributed by atoms with Gasteiger partial charge in [0.2, 0.25) is 0 Å². The number of ether oxygens (including phenoxy) is 2. The Morgan fingerprint density at radius 1 is 1.47 bits per heavy atom. The first-order chi connectivity index (χ1) is 8.12. The van der Waals surface area contributed by atoms with E-state index in [1.54, 1.807) is 12.1 Å². The van der Waals surface area contributed by atoms with E-state index in [0.717, 1.165) is 0 Å². The molecule has 5 nitrogen and oxygen atoms in total. The number of sulfone groups is 1. The fraction of sp³-hybridized carbons (Fsp3) is 0.455. The highest BCUT2D eigenvalue weighted by Gasteiger charge is 2.23. The van der Waals surface area contributed by atoms with Crippen molar-refractivity contribution in [1.29, 1.82) is 0 Å². The average Bonchev–Trinajstić information content (AvgIpc) is 3.10. The highest BCUT2D eigenvalue weighted by molar-refractivity contribution is 7.91. The molecule has 6 heteroatoms. The molecule has 0 spiro atoms. The molecule has 0 amide bonds. The fourth-order valence-corrected chi connectivity index (χ4v) is 2.41. The van der Waals surface area contributed by atoms with Gasteiger partial charge in [-0.15, -0.1) is 0 Å². The van der Waals surface area contributed by atoms with Crippen LogP contribution in [-0.2, 0) is 14.6 Å². The maximum atomic E-state index is 11.7. The lowest BCUT2D eigenvalue weighted by Crippen LogP contribution is -2.10. The van der Waals surface area contributed by atoms with Crippen LogP contribution in [0.2, 0.25) is 0 Å². The quantitative estimate of drug-likeness (QED) is 0.739. The van der Waals surface area contributed by atoms with Crippen molar-refractivity contribution in [3.05, 3.63) is 24.3 Å². The summed E-state index contributed by atoms with van der Waals surface area (Å²) in [4.78, 5) is 0.167. The number of hydrogen-bond acceptors (Lipinski definition) is 5. The van der Waals surface area contributed by atoms with E-state index in [1.807, 2.05) is 0 Å². The standard InChI is InChI=1S/C11H14O5S/c12-4-5-17(13,14)11-3-1-2-9(6-11)15-7-10-8-16-10/h1-3,6,10,12H,4-5,7-8H2. The molecule has 1 saturated heterocycles. The minimum absolute atomic E-state index is 0.132. The van der Waals surface area contributed by atoms with Crippen molar-refractivity contribution in [3.63, 3.8) is 0 Å². The molecule has 0 aromatic heterocycles. The van der Waals surface area contributed by atoms with E-state index in [1.165, 1.54) is 12.1 Å². The first kappa shape index (κ1) is 12.3. The molecule has 1 aromatic rings. The SMILES string of the molecule is O=S(=O)(CCO)c1cccc(OCC2CO2)c1. The third-order valence-corrected chi connectivity index (χ3v) is 4.06. The molecule has 0 saturated carbocycles. The number of rotatable bonds is 6. The van der Waals surface area contributed by atoms with Crippen molar-refractivity contribution in [1.82, 2.24) is 0 Å². The van der Waals surface area contributed by atoms with Gasteiger partial charge in [-0.25, -0.2) is 8.42 Å². The molecule has 1 aliphatic rings. The van der Waals surface area contributed by atoms with Crippen LogP contribution in [0.25, 0.3) is 0 Å². The Morgan fingerprint density at radius 2 is 2.24 bits per heavy atom. The Morgan fingerprint density at radius 3 is 2.88 bits per heavy atom. The zero-order valence-electron chi connectivity index (χ0n) is 9.20. The van der Waals surface area contributed by atoms with Crippen molar-refractivity contribution >= 4 is 9.84 Å². The molecule has 94 valence electrons. The van der Waals surface area contributed by atoms with Gasteiger partial charge >= 0.3 is 0 Å². The summed E-state index contributed by atoms with van der Waals surface area (Å²) in [5.41, 5.74) is 0. The van der Waals surface area contributed by atoms with Gasteiger partial charge in [-0.1, -0.05) is 6.07 Å². The molecule has 1 atom stereocenters. The van der Waals surface area contributed by atoms with E-state index in [0.29, 0.717) is 19.0 Å². The van der Waals surface area contributed by atoms with Gasteiger partial charge in [0.05, 0.1) is 23.9 Å². The van der Waals surface area contributed by atoms with Crippen molar-refractivity contribution in [2.24, 2.45) is 0 Å². The van der Waals surface area contributed by atoms with Crippen molar-refractivity contribution < 1.29 is 23.0 Å². The fourth-order valence-electron chi connectivity index (χ4n) is 1.35. The van der Waals surface area contributed by atoms with Crippen molar-refractivity contribution in [3.8, 4) is 5.75 Å². The Bertz CT molecular complexity index is 478. The van der Waals surface area contributed by atoms with Crippen LogP contribution in [0.1, 0.15) is 0 Å². The van der Waals surface area contributed by atoms with Crippen molar-refractivity contribution in [2.45, 2.75) is 11.0 Å². The molecule has 1 fully saturated rings. The molecule has 0 bridgehead atoms. The summed E-state index contributed by atoms with van der Waals surface area (Å²) in [7, 11) is -3.42. The first-order valence-electron chi connectivity index (χ1n) is 5.30. The van der Waals surface area contributed by atoms with Gasteiger partial charge < -0.3 is 14.6 Å². The lowest BCUT2D eigenvalue weighted by Gasteiger charge is -2.07. The van der Waals surface area contributed by atoms with Crippen LogP contribution in [0.3, 0.4) is 0 Å². The molecule has 0 aliphatic carbocycles. The molecule has 1 aromatic carbocycles. The van der Waals surface area contributed by atoms with Gasteiger partial charge in [-0.05, 0) is 18.2 Å². The number of epoxide rings is 1. The topological polar surface area (TPSA) is 76.1 Å². The zero-order chi connectivity index (χ0) is 12.3. The van der Waals surface area contributed by atoms with Crippen LogP contribution in [0.5, 0.6) is 5.75 Å². The van der Waals surface area contributed by atoms with Gasteiger partial charge in [0.1, 0.15) is 18.5 Å². The van der Waals surface area contributed by atoms with Gasteiger partial charge in [0.15, 0.2) is 9.84 Å². The van der Waals surface area contributed by atoms with Gasteiger partial charge in [0.25, 0.3) is 0 Å². The Labute approximate surface area is 99.9 Å². The van der Waals surface area contributed by atoms with Crippen LogP contribution in [0.4, 0.5) is 0 Å². The third kappa shape index (κ3) is 3.42. The maximum Gasteiger partial charge on any atom is 0.180 e. The molecular formula is C11H14O5S. The van der Waals surface area contributed by atoms with E-state index in [9.17, 15) is 8.42 Å². The number of aliphatic hydroxyl groups is 1. The normalized spacial score (nSPS) is 19.0. The van der Waals surface area contributed by atoms with Crippen molar-refractivity contribution in [2.75, 3.05) is 25.6 Å². The molecule has 1 unspecified atom stereocenters. The highest BCUT2D eigenvalue weighted by Crippen LogP contribution is 2.20. The van der Waals surface area contributed by atoms with E-state index in [4.69, 9.17) is 14.6 Å². The number of aliphatic hydroxyl groups excluding tert-OH is 1. The molecule has 17 heavy (non-hydrogen) atoms. The first-order valence-corrected chi connectivity index (χ1v) is 6.95. The summed E-state index contributed by atoms with van der Waals surface area (Å²) in [6.45, 7) is 0.745. The van der Waals surface area contributed by atoms with Gasteiger partial charge in [-0.3, -0.25) is 0 Å². The van der Waals surface area contributed by atoms with Crippen LogP contribution in [0.15, 0.2) is 29.2 Å². The molecule has 0 radical (unpaired) electrons. The maximum absolute atomic E-state index is 11.7. The summed E-state index contributed by atoms with van der Waals surface area (Å²) in [6.07, 6.45) is 0.132. The van der Waals surface area contributed by atoms with Crippen LogP contribution >= 0.6 is 0 Å². The van der Waals surface area contributed by atoms with Crippen LogP contribution in [0, 0.1) is 0 Å². The summed E-state index contributed by atoms with van der Waals surface area (Å²) < 4.78 is 33.8. The van der Waals surface area contributed by atoms with Gasteiger partial charge in [-0.2, -0.15) is 0 Å². The second-order valence-corrected chi connectivity index (χ2v) is 5.89. The van der Waals surface area contributed by atoms with E-state index < -0.39 is 9.84 Å². The lowest BCUT2D eigenvalue weighted by atomic mass is 10.3. The minimum atomic E-state index is -3.42. The van der Waals surface area contributed by atoms with Gasteiger partial charge in [0, 0.05) is 0 Å². The molecule has 1 heterocycles. The number of benzene rings is 1. The van der Waals surface area contributed by atoms with Crippen LogP contribution < -0.4 is 4.74 Å². The van der Waals surface area contributed by atoms with E-state index in [2.05, 4.69) is 0 Å². The smallest absolute Gasteiger partial charge is 0.180 e. The predicted octanol–water partition coefficient (Wildman–Crippen LogP) is 0.230. The third-order valence-electron chi connectivity index (χ3n) is 2.36. The number of hydrogen-bond donors (Lipinski definition) is 1. The Kier molecular flexibility index (Phi) is 3.66. The molecule has 1 aliphatic heterocycles. The Hall–Kier alpha value is -1.11. The van der Waals surface area contributed by atoms with Crippen LogP contribution in [-0.4, -0.2) is 45.2 Å². The highest BCUT2D eigenvalue weighted by atomic mass is 32.2. The summed E-state index contributed by atoms with van der Waals surface area (Å²) in [5, 5.41) is 8.69. The lowest BCUT2D eigenvalue weighted by molar-refractivity contribution is 0.262. The predicted molar refractivity (Wildman–Crippen MR) is 60.8 cm³/mol. The zero-order valence-corrected chi connectivity index (χ0v) is 10.0. The second-order valence-electron chi connectivity index (χ2n) is 3.78. The van der Waals surface area contributed by atoms with E-state index in [-0.39, 0.29) is 23.4 Å². The minimum Gasteiger partial charge on any atom is -0.491 e. The van der Waals surface area contributed by atoms with E-state index >= 15 is 0 Å². The summed E-state index contributed by atoms with van der Waals surface area (Å²) >= 11 is 0. The molecule has 1 N–H and O–H groups in total. The molecular weight excluding hydrogens is 244 g/mol. The average molecular weight is 258 g/mol.